The van der Waals surface area contributed by atoms with Gasteiger partial charge in [0.25, 0.3) is 0 Å². The Morgan fingerprint density at radius 2 is 1.94 bits per heavy atom. The molecule has 0 radical (unpaired) electrons. The Hall–Kier alpha value is -2.73. The Morgan fingerprint density at radius 1 is 1.12 bits per heavy atom. The molecule has 9 nitrogen and oxygen atoms in total. The summed E-state index contributed by atoms with van der Waals surface area (Å²) < 4.78 is 57.4. The molecule has 1 fully saturated rings. The summed E-state index contributed by atoms with van der Waals surface area (Å²) in [6, 6.07) is 9.40. The Bertz CT molecular complexity index is 1110. The van der Waals surface area contributed by atoms with Gasteiger partial charge >= 0.3 is 0 Å². The van der Waals surface area contributed by atoms with Crippen molar-refractivity contribution in [3.8, 4) is 11.5 Å². The summed E-state index contributed by atoms with van der Waals surface area (Å²) >= 11 is 0. The van der Waals surface area contributed by atoms with Crippen molar-refractivity contribution in [3.63, 3.8) is 0 Å². The summed E-state index contributed by atoms with van der Waals surface area (Å²) in [7, 11) is -3.99. The first-order chi connectivity index (χ1) is 15.8. The van der Waals surface area contributed by atoms with Crippen LogP contribution in [0.3, 0.4) is 0 Å². The predicted molar refractivity (Wildman–Crippen MR) is 115 cm³/mol. The number of amides is 1. The number of ether oxygens (including phenoxy) is 3. The lowest BCUT2D eigenvalue weighted by Crippen LogP contribution is -2.51. The average molecular weight is 481 g/mol. The van der Waals surface area contributed by atoms with Crippen LogP contribution in [-0.2, 0) is 26.1 Å². The highest BCUT2D eigenvalue weighted by molar-refractivity contribution is 7.89. The van der Waals surface area contributed by atoms with E-state index in [0.29, 0.717) is 30.9 Å². The highest BCUT2D eigenvalue weighted by atomic mass is 32.2. The molecule has 2 aromatic carbocycles. The molecule has 2 aromatic rings. The molecule has 3 N–H and O–H groups in total. The van der Waals surface area contributed by atoms with Crippen molar-refractivity contribution in [2.45, 2.75) is 49.0 Å². The number of aliphatic hydroxyl groups is 1. The molecule has 3 atom stereocenters. The molecule has 0 bridgehead atoms. The molecule has 11 heteroatoms. The van der Waals surface area contributed by atoms with Gasteiger partial charge < -0.3 is 24.6 Å². The summed E-state index contributed by atoms with van der Waals surface area (Å²) in [6.07, 6.45) is -0.434. The van der Waals surface area contributed by atoms with Gasteiger partial charge in [-0.2, -0.15) is 0 Å². The second-order valence-electron chi connectivity index (χ2n) is 7.91. The van der Waals surface area contributed by atoms with Gasteiger partial charge in [-0.1, -0.05) is 12.1 Å². The monoisotopic (exact) mass is 480 g/mol. The molecule has 0 saturated carbocycles. The zero-order chi connectivity index (χ0) is 23.4. The molecule has 1 saturated heterocycles. The lowest BCUT2D eigenvalue weighted by Gasteiger charge is -2.35. The van der Waals surface area contributed by atoms with Crippen molar-refractivity contribution in [1.82, 2.24) is 10.0 Å². The van der Waals surface area contributed by atoms with Crippen LogP contribution in [0.25, 0.3) is 0 Å². The largest absolute Gasteiger partial charge is 0.454 e. The van der Waals surface area contributed by atoms with E-state index in [-0.39, 0.29) is 24.0 Å². The zero-order valence-corrected chi connectivity index (χ0v) is 18.5. The van der Waals surface area contributed by atoms with Gasteiger partial charge in [-0.05, 0) is 48.7 Å². The Kier molecular flexibility index (Phi) is 7.13. The minimum Gasteiger partial charge on any atom is -0.454 e. The second kappa shape index (κ2) is 10.0. The number of sulfonamides is 1. The third kappa shape index (κ3) is 5.80. The lowest BCUT2D eigenvalue weighted by atomic mass is 9.98. The van der Waals surface area contributed by atoms with E-state index >= 15 is 0 Å². The summed E-state index contributed by atoms with van der Waals surface area (Å²) in [4.78, 5) is 12.2. The number of benzene rings is 2. The van der Waals surface area contributed by atoms with Gasteiger partial charge in [0.2, 0.25) is 22.7 Å². The molecule has 0 spiro atoms. The van der Waals surface area contributed by atoms with E-state index in [1.54, 1.807) is 12.1 Å². The molecule has 2 aliphatic rings. The van der Waals surface area contributed by atoms with Crippen molar-refractivity contribution in [3.05, 3.63) is 53.8 Å². The smallest absolute Gasteiger partial charge is 0.241 e. The van der Waals surface area contributed by atoms with E-state index in [0.717, 1.165) is 17.7 Å². The number of nitrogens with one attached hydrogen (secondary N) is 2. The Balaban J connectivity index is 1.28. The van der Waals surface area contributed by atoms with Crippen LogP contribution >= 0.6 is 0 Å². The lowest BCUT2D eigenvalue weighted by molar-refractivity contribution is -0.130. The van der Waals surface area contributed by atoms with E-state index in [1.807, 2.05) is 6.07 Å². The van der Waals surface area contributed by atoms with Crippen molar-refractivity contribution in [2.24, 2.45) is 0 Å². The van der Waals surface area contributed by atoms with Crippen LogP contribution in [0.2, 0.25) is 0 Å². The number of hydrogen-bond donors (Lipinski definition) is 3. The van der Waals surface area contributed by atoms with Crippen LogP contribution in [-0.4, -0.2) is 51.1 Å². The van der Waals surface area contributed by atoms with E-state index in [4.69, 9.17) is 14.2 Å². The van der Waals surface area contributed by atoms with Gasteiger partial charge in [-0.3, -0.25) is 4.79 Å². The fourth-order valence-corrected chi connectivity index (χ4v) is 5.18. The predicted octanol–water partition coefficient (Wildman–Crippen LogP) is 1.45. The molecule has 4 rings (SSSR count). The molecule has 2 aliphatic heterocycles. The molecule has 2 heterocycles. The SMILES string of the molecule is O=C(C[C@@H]1CC[C@@H](NS(=O)(=O)c2cccc(F)c2)[C@@H](CO)O1)NCc1ccc2c(c1)OCO2. The third-order valence-corrected chi connectivity index (χ3v) is 7.04. The minimum atomic E-state index is -3.99. The number of carbonyl (C=O) groups excluding carboxylic acids is 1. The third-order valence-electron chi connectivity index (χ3n) is 5.55. The van der Waals surface area contributed by atoms with E-state index in [2.05, 4.69) is 10.0 Å². The molecule has 0 aromatic heterocycles. The van der Waals surface area contributed by atoms with Crippen LogP contribution in [0.4, 0.5) is 4.39 Å². The summed E-state index contributed by atoms with van der Waals surface area (Å²) in [6.45, 7) is 0.0584. The number of carbonyl (C=O) groups is 1. The van der Waals surface area contributed by atoms with Crippen LogP contribution in [0.1, 0.15) is 24.8 Å². The number of halogens is 1. The van der Waals surface area contributed by atoms with Crippen LogP contribution in [0.15, 0.2) is 47.4 Å². The zero-order valence-electron chi connectivity index (χ0n) is 17.7. The molecule has 33 heavy (non-hydrogen) atoms. The summed E-state index contributed by atoms with van der Waals surface area (Å²) in [5.41, 5.74) is 0.859. The molecule has 0 aliphatic carbocycles. The van der Waals surface area contributed by atoms with Gasteiger partial charge in [-0.25, -0.2) is 17.5 Å². The van der Waals surface area contributed by atoms with E-state index in [9.17, 15) is 22.7 Å². The summed E-state index contributed by atoms with van der Waals surface area (Å²) in [5.74, 6) is 0.407. The number of aliphatic hydroxyl groups excluding tert-OH is 1. The van der Waals surface area contributed by atoms with Crippen LogP contribution in [0.5, 0.6) is 11.5 Å². The first-order valence-corrected chi connectivity index (χ1v) is 12.0. The van der Waals surface area contributed by atoms with Crippen molar-refractivity contribution in [2.75, 3.05) is 13.4 Å². The second-order valence-corrected chi connectivity index (χ2v) is 9.62. The maximum Gasteiger partial charge on any atom is 0.241 e. The van der Waals surface area contributed by atoms with E-state index < -0.39 is 40.7 Å². The van der Waals surface area contributed by atoms with Gasteiger partial charge in [0.05, 0.1) is 36.2 Å². The van der Waals surface area contributed by atoms with Gasteiger partial charge in [-0.15, -0.1) is 0 Å². The Labute approximate surface area is 190 Å². The Morgan fingerprint density at radius 3 is 2.73 bits per heavy atom. The molecule has 0 unspecified atom stereocenters. The number of hydrogen-bond acceptors (Lipinski definition) is 7. The highest BCUT2D eigenvalue weighted by Gasteiger charge is 2.34. The minimum absolute atomic E-state index is 0.0738. The summed E-state index contributed by atoms with van der Waals surface area (Å²) in [5, 5.41) is 12.5. The van der Waals surface area contributed by atoms with Crippen LogP contribution < -0.4 is 19.5 Å². The molecular weight excluding hydrogens is 455 g/mol. The first-order valence-electron chi connectivity index (χ1n) is 10.5. The van der Waals surface area contributed by atoms with Crippen molar-refractivity contribution >= 4 is 15.9 Å². The first kappa shape index (κ1) is 23.4. The normalized spacial score (nSPS) is 22.2. The maximum atomic E-state index is 13.4. The molecule has 178 valence electrons. The standard InChI is InChI=1S/C22H25FN2O7S/c23-15-2-1-3-17(9-15)33(28,29)25-18-6-5-16(32-21(18)12-26)10-22(27)24-11-14-4-7-19-20(8-14)31-13-30-19/h1-4,7-9,16,18,21,25-26H,5-6,10-13H2,(H,24,27)/t16-,18+,21+/m0/s1. The van der Waals surface area contributed by atoms with Crippen LogP contribution in [0, 0.1) is 5.82 Å². The molecular formula is C22H25FN2O7S. The fourth-order valence-electron chi connectivity index (χ4n) is 3.85. The average Bonchev–Trinajstić information content (AvgIpc) is 3.26. The fraction of sp³-hybridized carbons (Fsp3) is 0.409. The van der Waals surface area contributed by atoms with Crippen molar-refractivity contribution in [1.29, 1.82) is 0 Å². The quantitative estimate of drug-likeness (QED) is 0.523. The van der Waals surface area contributed by atoms with Gasteiger partial charge in [0.1, 0.15) is 5.82 Å². The van der Waals surface area contributed by atoms with E-state index in [1.165, 1.54) is 12.1 Å². The van der Waals surface area contributed by atoms with Crippen molar-refractivity contribution < 1.29 is 36.9 Å². The van der Waals surface area contributed by atoms with Gasteiger partial charge in [0.15, 0.2) is 11.5 Å². The number of fused-ring (bicyclic) bond motifs is 1. The highest BCUT2D eigenvalue weighted by Crippen LogP contribution is 2.32. The maximum absolute atomic E-state index is 13.4. The molecule has 1 amide bonds. The van der Waals surface area contributed by atoms with Gasteiger partial charge in [0, 0.05) is 6.54 Å². The number of rotatable bonds is 8. The topological polar surface area (TPSA) is 123 Å².